The molecule has 0 spiro atoms. The van der Waals surface area contributed by atoms with Gasteiger partial charge < -0.3 is 26.6 Å². The van der Waals surface area contributed by atoms with Crippen molar-refractivity contribution in [1.29, 1.82) is 0 Å². The van der Waals surface area contributed by atoms with Gasteiger partial charge in [0, 0.05) is 6.54 Å². The van der Waals surface area contributed by atoms with E-state index in [2.05, 4.69) is 10.6 Å². The molecular weight excluding hydrogens is 238 g/mol. The summed E-state index contributed by atoms with van der Waals surface area (Å²) >= 11 is 0. The summed E-state index contributed by atoms with van der Waals surface area (Å²) in [5.74, 6) is -1.41. The largest absolute Gasteiger partial charge is 0.480 e. The van der Waals surface area contributed by atoms with Crippen LogP contribution in [0.5, 0.6) is 0 Å². The molecule has 104 valence electrons. The average Bonchev–Trinajstić information content (AvgIpc) is 2.74. The monoisotopic (exact) mass is 259 g/mol. The minimum atomic E-state index is -1.04. The summed E-state index contributed by atoms with van der Waals surface area (Å²) in [4.78, 5) is 22.8. The Morgan fingerprint density at radius 2 is 2.17 bits per heavy atom. The van der Waals surface area contributed by atoms with Crippen LogP contribution in [0.25, 0.3) is 0 Å². The zero-order valence-corrected chi connectivity index (χ0v) is 10.3. The molecule has 7 nitrogen and oxygen atoms in total. The molecule has 0 radical (unpaired) electrons. The Morgan fingerprint density at radius 3 is 2.67 bits per heavy atom. The number of nitrogens with one attached hydrogen (secondary N) is 2. The molecule has 1 saturated heterocycles. The van der Waals surface area contributed by atoms with Gasteiger partial charge in [-0.1, -0.05) is 0 Å². The van der Waals surface area contributed by atoms with Crippen molar-refractivity contribution in [3.8, 4) is 0 Å². The van der Waals surface area contributed by atoms with Gasteiger partial charge in [0.25, 0.3) is 0 Å². The summed E-state index contributed by atoms with van der Waals surface area (Å²) < 4.78 is 0. The van der Waals surface area contributed by atoms with Crippen molar-refractivity contribution in [3.63, 3.8) is 0 Å². The molecule has 0 saturated carbocycles. The minimum Gasteiger partial charge on any atom is -0.480 e. The van der Waals surface area contributed by atoms with Gasteiger partial charge in [-0.05, 0) is 32.2 Å². The molecule has 1 heterocycles. The zero-order chi connectivity index (χ0) is 13.5. The molecule has 3 atom stereocenters. The van der Waals surface area contributed by atoms with Crippen LogP contribution in [0.1, 0.15) is 25.7 Å². The van der Waals surface area contributed by atoms with Crippen molar-refractivity contribution in [2.75, 3.05) is 13.1 Å². The summed E-state index contributed by atoms with van der Waals surface area (Å²) in [6.07, 6.45) is 1.55. The summed E-state index contributed by atoms with van der Waals surface area (Å²) in [6, 6.07) is -1.39. The second-order valence-corrected chi connectivity index (χ2v) is 4.53. The van der Waals surface area contributed by atoms with Gasteiger partial charge in [-0.2, -0.15) is 0 Å². The molecule has 0 bridgehead atoms. The van der Waals surface area contributed by atoms with E-state index < -0.39 is 24.2 Å². The molecule has 18 heavy (non-hydrogen) atoms. The Balaban J connectivity index is 2.40. The van der Waals surface area contributed by atoms with E-state index in [0.29, 0.717) is 32.4 Å². The normalized spacial score (nSPS) is 24.8. The van der Waals surface area contributed by atoms with Crippen LogP contribution >= 0.6 is 0 Å². The maximum atomic E-state index is 11.8. The summed E-state index contributed by atoms with van der Waals surface area (Å²) in [5, 5.41) is 23.6. The predicted octanol–water partition coefficient (Wildman–Crippen LogP) is -1.59. The van der Waals surface area contributed by atoms with Gasteiger partial charge >= 0.3 is 5.97 Å². The standard InChI is InChI=1S/C11H21N3O4/c12-4-2-1-3-8(11(17)18)14-10(16)9-5-7(15)6-13-9/h7-9,13,15H,1-6,12H2,(H,14,16)(H,17,18)/t7-,8+,9+/m1/s1. The molecule has 0 unspecified atom stereocenters. The minimum absolute atomic E-state index is 0.320. The van der Waals surface area contributed by atoms with E-state index in [1.807, 2.05) is 0 Å². The lowest BCUT2D eigenvalue weighted by molar-refractivity contribution is -0.142. The van der Waals surface area contributed by atoms with Gasteiger partial charge in [-0.15, -0.1) is 0 Å². The molecule has 0 aromatic rings. The van der Waals surface area contributed by atoms with Crippen LogP contribution < -0.4 is 16.4 Å². The van der Waals surface area contributed by atoms with Crippen LogP contribution in [-0.4, -0.2) is 53.4 Å². The van der Waals surface area contributed by atoms with Crippen LogP contribution in [0.2, 0.25) is 0 Å². The van der Waals surface area contributed by atoms with Crippen molar-refractivity contribution in [3.05, 3.63) is 0 Å². The average molecular weight is 259 g/mol. The number of nitrogens with two attached hydrogens (primary N) is 1. The Labute approximate surface area is 106 Å². The fourth-order valence-corrected chi connectivity index (χ4v) is 1.94. The van der Waals surface area contributed by atoms with Crippen molar-refractivity contribution in [2.45, 2.75) is 43.9 Å². The fraction of sp³-hybridized carbons (Fsp3) is 0.818. The third kappa shape index (κ3) is 4.59. The number of rotatable bonds is 7. The molecule has 6 N–H and O–H groups in total. The van der Waals surface area contributed by atoms with Crippen LogP contribution in [0, 0.1) is 0 Å². The highest BCUT2D eigenvalue weighted by Crippen LogP contribution is 2.08. The number of carboxylic acid groups (broad SMARTS) is 1. The molecule has 7 heteroatoms. The van der Waals surface area contributed by atoms with E-state index in [4.69, 9.17) is 10.8 Å². The van der Waals surface area contributed by atoms with Crippen LogP contribution in [0.4, 0.5) is 0 Å². The molecule has 1 rings (SSSR count). The van der Waals surface area contributed by atoms with E-state index in [1.54, 1.807) is 0 Å². The number of aliphatic hydroxyl groups excluding tert-OH is 1. The summed E-state index contributed by atoms with van der Waals surface area (Å²) in [7, 11) is 0. The predicted molar refractivity (Wildman–Crippen MR) is 64.9 cm³/mol. The molecule has 0 aliphatic carbocycles. The first kappa shape index (κ1) is 14.9. The molecular formula is C11H21N3O4. The van der Waals surface area contributed by atoms with Gasteiger partial charge in [0.2, 0.25) is 5.91 Å². The maximum absolute atomic E-state index is 11.8. The van der Waals surface area contributed by atoms with E-state index in [9.17, 15) is 14.7 Å². The molecule has 0 aromatic carbocycles. The highest BCUT2D eigenvalue weighted by molar-refractivity contribution is 5.87. The molecule has 0 aromatic heterocycles. The van der Waals surface area contributed by atoms with Crippen LogP contribution in [0.15, 0.2) is 0 Å². The lowest BCUT2D eigenvalue weighted by Crippen LogP contribution is -2.48. The Morgan fingerprint density at radius 1 is 1.44 bits per heavy atom. The van der Waals surface area contributed by atoms with Crippen molar-refractivity contribution >= 4 is 11.9 Å². The first-order chi connectivity index (χ1) is 8.54. The maximum Gasteiger partial charge on any atom is 0.326 e. The van der Waals surface area contributed by atoms with E-state index in [1.165, 1.54) is 0 Å². The quantitative estimate of drug-likeness (QED) is 0.351. The number of carbonyl (C=O) groups is 2. The summed E-state index contributed by atoms with van der Waals surface area (Å²) in [5.41, 5.74) is 5.33. The number of β-amino-alcohol motifs (C(OH)–C–C–N with tert-alkyl or cyclic N) is 1. The third-order valence-corrected chi connectivity index (χ3v) is 2.99. The van der Waals surface area contributed by atoms with E-state index in [-0.39, 0.29) is 5.91 Å². The van der Waals surface area contributed by atoms with Crippen molar-refractivity contribution in [2.24, 2.45) is 5.73 Å². The number of hydrogen-bond acceptors (Lipinski definition) is 5. The number of aliphatic carboxylic acids is 1. The fourth-order valence-electron chi connectivity index (χ4n) is 1.94. The Bertz CT molecular complexity index is 298. The second kappa shape index (κ2) is 7.30. The van der Waals surface area contributed by atoms with E-state index in [0.717, 1.165) is 6.42 Å². The Hall–Kier alpha value is -1.18. The molecule has 1 amide bonds. The highest BCUT2D eigenvalue weighted by atomic mass is 16.4. The van der Waals surface area contributed by atoms with Gasteiger partial charge in [-0.25, -0.2) is 4.79 Å². The number of unbranched alkanes of at least 4 members (excludes halogenated alkanes) is 1. The van der Waals surface area contributed by atoms with Gasteiger partial charge in [-0.3, -0.25) is 4.79 Å². The molecule has 1 aliphatic heterocycles. The Kier molecular flexibility index (Phi) is 6.03. The number of carboxylic acids is 1. The van der Waals surface area contributed by atoms with Crippen LogP contribution in [-0.2, 0) is 9.59 Å². The smallest absolute Gasteiger partial charge is 0.326 e. The highest BCUT2D eigenvalue weighted by Gasteiger charge is 2.30. The lowest BCUT2D eigenvalue weighted by atomic mass is 10.1. The third-order valence-electron chi connectivity index (χ3n) is 2.99. The van der Waals surface area contributed by atoms with Crippen LogP contribution in [0.3, 0.4) is 0 Å². The number of carbonyl (C=O) groups excluding carboxylic acids is 1. The number of hydrogen-bond donors (Lipinski definition) is 5. The van der Waals surface area contributed by atoms with E-state index >= 15 is 0 Å². The molecule has 1 aliphatic rings. The SMILES string of the molecule is NCCCC[C@H](NC(=O)[C@@H]1C[C@@H](O)CN1)C(=O)O. The lowest BCUT2D eigenvalue weighted by Gasteiger charge is -2.17. The number of aliphatic hydroxyl groups is 1. The zero-order valence-electron chi connectivity index (χ0n) is 10.3. The number of amides is 1. The molecule has 1 fully saturated rings. The summed E-state index contributed by atoms with van der Waals surface area (Å²) in [6.45, 7) is 0.875. The first-order valence-electron chi connectivity index (χ1n) is 6.19. The first-order valence-corrected chi connectivity index (χ1v) is 6.19. The van der Waals surface area contributed by atoms with Gasteiger partial charge in [0.1, 0.15) is 6.04 Å². The van der Waals surface area contributed by atoms with Crippen molar-refractivity contribution < 1.29 is 19.8 Å². The van der Waals surface area contributed by atoms with Crippen molar-refractivity contribution in [1.82, 2.24) is 10.6 Å². The van der Waals surface area contributed by atoms with Gasteiger partial charge in [0.05, 0.1) is 12.1 Å². The second-order valence-electron chi connectivity index (χ2n) is 4.53. The topological polar surface area (TPSA) is 125 Å². The van der Waals surface area contributed by atoms with Gasteiger partial charge in [0.15, 0.2) is 0 Å².